The van der Waals surface area contributed by atoms with Crippen LogP contribution in [0.5, 0.6) is 0 Å². The third-order valence-electron chi connectivity index (χ3n) is 2.91. The number of rotatable bonds is 8. The highest BCUT2D eigenvalue weighted by Crippen LogP contribution is 2.18. The second kappa shape index (κ2) is 7.82. The molecule has 0 aliphatic heterocycles. The maximum atomic E-state index is 5.03. The van der Waals surface area contributed by atoms with Gasteiger partial charge < -0.3 is 10.1 Å². The number of hydrogen-bond donors (Lipinski definition) is 1. The van der Waals surface area contributed by atoms with Gasteiger partial charge in [-0.1, -0.05) is 13.8 Å². The molecule has 1 heterocycles. The van der Waals surface area contributed by atoms with Crippen molar-refractivity contribution in [3.8, 4) is 0 Å². The average Bonchev–Trinajstić information content (AvgIpc) is 2.75. The molecule has 1 unspecified atom stereocenters. The van der Waals surface area contributed by atoms with Gasteiger partial charge in [-0.2, -0.15) is 11.3 Å². The lowest BCUT2D eigenvalue weighted by atomic mass is 9.90. The van der Waals surface area contributed by atoms with Crippen LogP contribution in [0.15, 0.2) is 16.8 Å². The van der Waals surface area contributed by atoms with E-state index in [1.807, 2.05) is 0 Å². The normalized spacial score (nSPS) is 13.2. The molecular formula is C13H23NOS. The van der Waals surface area contributed by atoms with Crippen LogP contribution in [0.25, 0.3) is 0 Å². The summed E-state index contributed by atoms with van der Waals surface area (Å²) >= 11 is 1.78. The molecule has 0 saturated heterocycles. The zero-order valence-corrected chi connectivity index (χ0v) is 11.3. The number of methoxy groups -OCH3 is 1. The monoisotopic (exact) mass is 241 g/mol. The van der Waals surface area contributed by atoms with E-state index < -0.39 is 0 Å². The van der Waals surface area contributed by atoms with Crippen LogP contribution in [0.3, 0.4) is 0 Å². The Morgan fingerprint density at radius 1 is 1.44 bits per heavy atom. The fraction of sp³-hybridized carbons (Fsp3) is 0.692. The minimum absolute atomic E-state index is 0.714. The van der Waals surface area contributed by atoms with Crippen molar-refractivity contribution in [2.24, 2.45) is 11.8 Å². The molecule has 16 heavy (non-hydrogen) atoms. The van der Waals surface area contributed by atoms with Crippen LogP contribution in [0.4, 0.5) is 0 Å². The molecule has 0 fully saturated rings. The number of thiophene rings is 1. The van der Waals surface area contributed by atoms with E-state index in [2.05, 4.69) is 36.0 Å². The number of nitrogens with one attached hydrogen (secondary N) is 1. The van der Waals surface area contributed by atoms with Crippen molar-refractivity contribution in [1.29, 1.82) is 0 Å². The highest BCUT2D eigenvalue weighted by molar-refractivity contribution is 7.07. The first kappa shape index (κ1) is 13.7. The zero-order valence-electron chi connectivity index (χ0n) is 10.5. The minimum Gasteiger partial charge on any atom is -0.383 e. The fourth-order valence-corrected chi connectivity index (χ4v) is 2.40. The summed E-state index contributed by atoms with van der Waals surface area (Å²) in [5.41, 5.74) is 1.47. The minimum atomic E-state index is 0.714. The Hall–Kier alpha value is -0.380. The van der Waals surface area contributed by atoms with Crippen LogP contribution < -0.4 is 5.32 Å². The number of ether oxygens (including phenoxy) is 1. The Balaban J connectivity index is 2.30. The Morgan fingerprint density at radius 3 is 2.81 bits per heavy atom. The van der Waals surface area contributed by atoms with Gasteiger partial charge in [0.2, 0.25) is 0 Å². The topological polar surface area (TPSA) is 21.3 Å². The highest BCUT2D eigenvalue weighted by Gasteiger charge is 2.13. The summed E-state index contributed by atoms with van der Waals surface area (Å²) in [6.45, 7) is 7.42. The van der Waals surface area contributed by atoms with Crippen molar-refractivity contribution in [3.05, 3.63) is 22.4 Å². The first-order chi connectivity index (χ1) is 7.74. The predicted molar refractivity (Wildman–Crippen MR) is 71.1 cm³/mol. The molecule has 3 heteroatoms. The molecule has 1 rings (SSSR count). The maximum Gasteiger partial charge on any atom is 0.0587 e. The zero-order chi connectivity index (χ0) is 11.8. The summed E-state index contributed by atoms with van der Waals surface area (Å²) < 4.78 is 5.03. The summed E-state index contributed by atoms with van der Waals surface area (Å²) in [6.07, 6.45) is 1.18. The lowest BCUT2D eigenvalue weighted by molar-refractivity contribution is 0.196. The summed E-state index contributed by atoms with van der Waals surface area (Å²) in [7, 11) is 1.74. The Kier molecular flexibility index (Phi) is 6.69. The highest BCUT2D eigenvalue weighted by atomic mass is 32.1. The van der Waals surface area contributed by atoms with Gasteiger partial charge >= 0.3 is 0 Å². The van der Waals surface area contributed by atoms with E-state index in [4.69, 9.17) is 4.74 Å². The summed E-state index contributed by atoms with van der Waals surface area (Å²) in [6, 6.07) is 2.23. The largest absolute Gasteiger partial charge is 0.383 e. The van der Waals surface area contributed by atoms with Gasteiger partial charge in [0.1, 0.15) is 0 Å². The molecule has 1 atom stereocenters. The Morgan fingerprint density at radius 2 is 2.25 bits per heavy atom. The first-order valence-corrected chi connectivity index (χ1v) is 6.89. The van der Waals surface area contributed by atoms with E-state index in [1.54, 1.807) is 18.4 Å². The van der Waals surface area contributed by atoms with Gasteiger partial charge in [-0.3, -0.25) is 0 Å². The van der Waals surface area contributed by atoms with Gasteiger partial charge in [0.15, 0.2) is 0 Å². The van der Waals surface area contributed by atoms with Crippen LogP contribution >= 0.6 is 11.3 Å². The lowest BCUT2D eigenvalue weighted by Crippen LogP contribution is -2.30. The van der Waals surface area contributed by atoms with E-state index >= 15 is 0 Å². The molecule has 0 amide bonds. The third-order valence-corrected chi connectivity index (χ3v) is 3.64. The molecule has 0 aliphatic carbocycles. The lowest BCUT2D eigenvalue weighted by Gasteiger charge is -2.21. The molecule has 1 N–H and O–H groups in total. The summed E-state index contributed by atoms with van der Waals surface area (Å²) in [4.78, 5) is 0. The molecule has 0 aromatic carbocycles. The van der Waals surface area contributed by atoms with Crippen LogP contribution in [0.2, 0.25) is 0 Å². The standard InChI is InChI=1S/C13H23NOS/c1-11(2)13(9-14-5-6-15-3)8-12-4-7-16-10-12/h4,7,10-11,13-14H,5-6,8-9H2,1-3H3. The van der Waals surface area contributed by atoms with Crippen molar-refractivity contribution < 1.29 is 4.74 Å². The second-order valence-electron chi connectivity index (χ2n) is 4.54. The van der Waals surface area contributed by atoms with Gasteiger partial charge in [0.25, 0.3) is 0 Å². The van der Waals surface area contributed by atoms with Crippen LogP contribution in [-0.4, -0.2) is 26.8 Å². The fourth-order valence-electron chi connectivity index (χ4n) is 1.72. The van der Waals surface area contributed by atoms with Crippen molar-refractivity contribution in [3.63, 3.8) is 0 Å². The Bertz CT molecular complexity index is 259. The van der Waals surface area contributed by atoms with Gasteiger partial charge in [-0.15, -0.1) is 0 Å². The van der Waals surface area contributed by atoms with E-state index in [1.165, 1.54) is 12.0 Å². The SMILES string of the molecule is COCCNCC(Cc1ccsc1)C(C)C. The van der Waals surface area contributed by atoms with Crippen molar-refractivity contribution in [2.75, 3.05) is 26.8 Å². The van der Waals surface area contributed by atoms with Crippen molar-refractivity contribution in [1.82, 2.24) is 5.32 Å². The molecule has 92 valence electrons. The molecule has 0 aliphatic rings. The predicted octanol–water partition coefficient (Wildman–Crippen LogP) is 2.80. The van der Waals surface area contributed by atoms with E-state index in [-0.39, 0.29) is 0 Å². The smallest absolute Gasteiger partial charge is 0.0587 e. The molecule has 0 radical (unpaired) electrons. The van der Waals surface area contributed by atoms with Crippen molar-refractivity contribution in [2.45, 2.75) is 20.3 Å². The molecule has 1 aromatic heterocycles. The van der Waals surface area contributed by atoms with E-state index in [9.17, 15) is 0 Å². The summed E-state index contributed by atoms with van der Waals surface area (Å²) in [5.74, 6) is 1.43. The van der Waals surface area contributed by atoms with Crippen molar-refractivity contribution >= 4 is 11.3 Å². The van der Waals surface area contributed by atoms with E-state index in [0.29, 0.717) is 5.92 Å². The van der Waals surface area contributed by atoms with E-state index in [0.717, 1.165) is 25.6 Å². The molecule has 2 nitrogen and oxygen atoms in total. The molecular weight excluding hydrogens is 218 g/mol. The average molecular weight is 241 g/mol. The second-order valence-corrected chi connectivity index (χ2v) is 5.32. The Labute approximate surface area is 103 Å². The molecule has 0 saturated carbocycles. The third kappa shape index (κ3) is 5.10. The van der Waals surface area contributed by atoms with Crippen LogP contribution in [0, 0.1) is 11.8 Å². The molecule has 0 bridgehead atoms. The van der Waals surface area contributed by atoms with Gasteiger partial charge in [-0.05, 0) is 47.2 Å². The molecule has 0 spiro atoms. The molecule has 1 aromatic rings. The van der Waals surface area contributed by atoms with Gasteiger partial charge in [-0.25, -0.2) is 0 Å². The summed E-state index contributed by atoms with van der Waals surface area (Å²) in [5, 5.41) is 7.87. The maximum absolute atomic E-state index is 5.03. The van der Waals surface area contributed by atoms with Gasteiger partial charge in [0.05, 0.1) is 6.61 Å². The van der Waals surface area contributed by atoms with Gasteiger partial charge in [0, 0.05) is 13.7 Å². The first-order valence-electron chi connectivity index (χ1n) is 5.94. The van der Waals surface area contributed by atoms with Crippen LogP contribution in [-0.2, 0) is 11.2 Å². The van der Waals surface area contributed by atoms with Crippen LogP contribution in [0.1, 0.15) is 19.4 Å². The quantitative estimate of drug-likeness (QED) is 0.707. The number of hydrogen-bond acceptors (Lipinski definition) is 3.